The highest BCUT2D eigenvalue weighted by Crippen LogP contribution is 2.42. The van der Waals surface area contributed by atoms with Crippen LogP contribution in [0.25, 0.3) is 0 Å². The summed E-state index contributed by atoms with van der Waals surface area (Å²) >= 11 is 1.72. The molecule has 4 heterocycles. The summed E-state index contributed by atoms with van der Waals surface area (Å²) in [7, 11) is 0. The molecule has 0 unspecified atom stereocenters. The number of aliphatic carboxylic acids is 1. The molecule has 2 N–H and O–H groups in total. The van der Waals surface area contributed by atoms with Crippen molar-refractivity contribution in [1.29, 1.82) is 0 Å². The van der Waals surface area contributed by atoms with Crippen LogP contribution in [0.15, 0.2) is 36.0 Å². The minimum absolute atomic E-state index is 0.0972. The van der Waals surface area contributed by atoms with Crippen LogP contribution in [0.4, 0.5) is 19.1 Å². The molecule has 168 valence electrons. The topological polar surface area (TPSA) is 105 Å². The Hall–Kier alpha value is -2.73. The third-order valence-corrected chi connectivity index (χ3v) is 6.08. The largest absolute Gasteiger partial charge is 0.490 e. The van der Waals surface area contributed by atoms with E-state index in [-0.39, 0.29) is 11.8 Å². The molecule has 12 heteroatoms. The first-order valence-electron chi connectivity index (χ1n) is 9.43. The van der Waals surface area contributed by atoms with Crippen molar-refractivity contribution in [3.63, 3.8) is 0 Å². The summed E-state index contributed by atoms with van der Waals surface area (Å²) in [6.45, 7) is 3.15. The summed E-state index contributed by atoms with van der Waals surface area (Å²) in [5.41, 5.74) is -0.478. The second-order valence-electron chi connectivity index (χ2n) is 7.19. The number of fused-ring (bicyclic) bond motifs is 1. The molecule has 0 aromatic carbocycles. The average Bonchev–Trinajstić information content (AvgIpc) is 3.44. The van der Waals surface area contributed by atoms with Crippen molar-refractivity contribution in [1.82, 2.24) is 15.3 Å². The summed E-state index contributed by atoms with van der Waals surface area (Å²) in [5, 5.41) is 12.3. The number of hydrogen-bond acceptors (Lipinski definition) is 7. The molecule has 2 aromatic rings. The highest BCUT2D eigenvalue weighted by atomic mass is 32.1. The minimum atomic E-state index is -5.08. The zero-order chi connectivity index (χ0) is 22.5. The number of carboxylic acid groups (broad SMARTS) is 1. The van der Waals surface area contributed by atoms with Gasteiger partial charge in [-0.15, -0.1) is 11.3 Å². The Morgan fingerprint density at radius 2 is 2.03 bits per heavy atom. The number of rotatable bonds is 5. The van der Waals surface area contributed by atoms with E-state index in [1.165, 1.54) is 4.88 Å². The Balaban J connectivity index is 0.000000339. The van der Waals surface area contributed by atoms with E-state index in [2.05, 4.69) is 31.6 Å². The van der Waals surface area contributed by atoms with E-state index >= 15 is 0 Å². The molecule has 0 aliphatic carbocycles. The quantitative estimate of drug-likeness (QED) is 0.706. The van der Waals surface area contributed by atoms with Crippen LogP contribution in [-0.2, 0) is 20.7 Å². The number of aromatic nitrogens is 2. The molecule has 0 bridgehead atoms. The fraction of sp³-hybridized carbons (Fsp3) is 0.474. The summed E-state index contributed by atoms with van der Waals surface area (Å²) < 4.78 is 37.4. The zero-order valence-corrected chi connectivity index (χ0v) is 17.2. The fourth-order valence-corrected chi connectivity index (χ4v) is 4.30. The van der Waals surface area contributed by atoms with Crippen molar-refractivity contribution < 1.29 is 32.6 Å². The van der Waals surface area contributed by atoms with E-state index in [0.29, 0.717) is 32.3 Å². The van der Waals surface area contributed by atoms with Gasteiger partial charge in [0.15, 0.2) is 0 Å². The number of hydrogen-bond donors (Lipinski definition) is 2. The second-order valence-corrected chi connectivity index (χ2v) is 8.22. The molecule has 31 heavy (non-hydrogen) atoms. The highest BCUT2D eigenvalue weighted by molar-refractivity contribution is 7.09. The van der Waals surface area contributed by atoms with E-state index in [4.69, 9.17) is 14.6 Å². The number of thiophene rings is 1. The number of ether oxygens (including phenoxy) is 1. The molecule has 8 nitrogen and oxygen atoms in total. The van der Waals surface area contributed by atoms with Gasteiger partial charge in [-0.2, -0.15) is 13.2 Å². The van der Waals surface area contributed by atoms with Gasteiger partial charge in [0.25, 0.3) is 0 Å². The van der Waals surface area contributed by atoms with Crippen molar-refractivity contribution in [3.05, 3.63) is 40.8 Å². The predicted molar refractivity (Wildman–Crippen MR) is 106 cm³/mol. The molecule has 2 atom stereocenters. The Labute approximate surface area is 180 Å². The summed E-state index contributed by atoms with van der Waals surface area (Å²) in [5.74, 6) is -1.77. The number of nitrogens with zero attached hydrogens (tertiary/aromatic N) is 3. The Bertz CT molecular complexity index is 882. The number of amides is 1. The van der Waals surface area contributed by atoms with E-state index < -0.39 is 17.6 Å². The standard InChI is InChI=1S/C17H20N4O2S.C2HF3O2/c22-15(18-7-4-14-3-1-8-24-14)17-11-21(9-13(17)10-23-12-17)16-19-5-2-6-20-16;3-2(4,5)1(6)7/h1-3,5-6,8,13H,4,7,9-12H2,(H,18,22);(H,6,7)/t13-,17-;/m1./s1. The smallest absolute Gasteiger partial charge is 0.475 e. The lowest BCUT2D eigenvalue weighted by atomic mass is 9.80. The molecule has 4 rings (SSSR count). The van der Waals surface area contributed by atoms with Crippen LogP contribution in [0.5, 0.6) is 0 Å². The first kappa shape index (κ1) is 22.9. The maximum absolute atomic E-state index is 12.9. The molecule has 2 aromatic heterocycles. The SMILES string of the molecule is O=C(NCCc1cccs1)[C@]12COC[C@H]1CN(c1ncccn1)C2.O=C(O)C(F)(F)F. The van der Waals surface area contributed by atoms with Gasteiger partial charge < -0.3 is 20.1 Å². The van der Waals surface area contributed by atoms with Gasteiger partial charge in [0.1, 0.15) is 0 Å². The first-order chi connectivity index (χ1) is 14.7. The molecule has 2 saturated heterocycles. The van der Waals surface area contributed by atoms with Crippen molar-refractivity contribution in [2.75, 3.05) is 37.7 Å². The van der Waals surface area contributed by atoms with E-state index in [1.54, 1.807) is 29.8 Å². The van der Waals surface area contributed by atoms with E-state index in [9.17, 15) is 18.0 Å². The number of nitrogens with one attached hydrogen (secondary N) is 1. The Kier molecular flexibility index (Phi) is 7.11. The van der Waals surface area contributed by atoms with E-state index in [0.717, 1.165) is 13.0 Å². The Morgan fingerprint density at radius 1 is 1.32 bits per heavy atom. The van der Waals surface area contributed by atoms with Gasteiger partial charge >= 0.3 is 12.1 Å². The van der Waals surface area contributed by atoms with Gasteiger partial charge in [0.2, 0.25) is 11.9 Å². The minimum Gasteiger partial charge on any atom is -0.475 e. The fourth-order valence-electron chi connectivity index (χ4n) is 3.59. The molecule has 0 radical (unpaired) electrons. The van der Waals surface area contributed by atoms with Crippen LogP contribution in [0.2, 0.25) is 0 Å². The number of carbonyl (C=O) groups is 2. The molecule has 0 saturated carbocycles. The molecular formula is C19H21F3N4O4S. The second kappa shape index (κ2) is 9.60. The van der Waals surface area contributed by atoms with Gasteiger partial charge in [-0.25, -0.2) is 14.8 Å². The maximum atomic E-state index is 12.9. The number of alkyl halides is 3. The monoisotopic (exact) mass is 458 g/mol. The lowest BCUT2D eigenvalue weighted by Crippen LogP contribution is -2.47. The van der Waals surface area contributed by atoms with Gasteiger partial charge in [-0.05, 0) is 23.9 Å². The average molecular weight is 458 g/mol. The predicted octanol–water partition coefficient (Wildman–Crippen LogP) is 1.98. The molecule has 0 spiro atoms. The van der Waals surface area contributed by atoms with Crippen LogP contribution in [0.1, 0.15) is 4.88 Å². The summed E-state index contributed by atoms with van der Waals surface area (Å²) in [4.78, 5) is 33.8. The van der Waals surface area contributed by atoms with Gasteiger partial charge in [0.05, 0.1) is 18.6 Å². The van der Waals surface area contributed by atoms with Gasteiger partial charge in [0, 0.05) is 42.8 Å². The lowest BCUT2D eigenvalue weighted by molar-refractivity contribution is -0.192. The van der Waals surface area contributed by atoms with E-state index in [1.807, 2.05) is 6.07 Å². The van der Waals surface area contributed by atoms with Crippen LogP contribution in [0.3, 0.4) is 0 Å². The zero-order valence-electron chi connectivity index (χ0n) is 16.3. The van der Waals surface area contributed by atoms with Gasteiger partial charge in [-0.3, -0.25) is 4.79 Å². The number of carbonyl (C=O) groups excluding carboxylic acids is 1. The molecule has 2 aliphatic heterocycles. The number of anilines is 1. The van der Waals surface area contributed by atoms with Crippen LogP contribution < -0.4 is 10.2 Å². The van der Waals surface area contributed by atoms with Crippen LogP contribution in [-0.4, -0.2) is 66.0 Å². The van der Waals surface area contributed by atoms with Crippen molar-refractivity contribution in [3.8, 4) is 0 Å². The van der Waals surface area contributed by atoms with Crippen molar-refractivity contribution >= 4 is 29.2 Å². The van der Waals surface area contributed by atoms with Crippen LogP contribution in [0, 0.1) is 11.3 Å². The first-order valence-corrected chi connectivity index (χ1v) is 10.3. The summed E-state index contributed by atoms with van der Waals surface area (Å²) in [6, 6.07) is 5.94. The molecule has 1 amide bonds. The molecular weight excluding hydrogens is 437 g/mol. The Morgan fingerprint density at radius 3 is 2.65 bits per heavy atom. The number of halogens is 3. The normalized spacial score (nSPS) is 22.4. The molecule has 2 fully saturated rings. The van der Waals surface area contributed by atoms with Crippen molar-refractivity contribution in [2.24, 2.45) is 11.3 Å². The highest BCUT2D eigenvalue weighted by Gasteiger charge is 2.56. The van der Waals surface area contributed by atoms with Crippen LogP contribution >= 0.6 is 11.3 Å². The lowest BCUT2D eigenvalue weighted by Gasteiger charge is -2.25. The third kappa shape index (κ3) is 5.50. The third-order valence-electron chi connectivity index (χ3n) is 5.14. The summed E-state index contributed by atoms with van der Waals surface area (Å²) in [6.07, 6.45) is -0.738. The number of carboxylic acids is 1. The van der Waals surface area contributed by atoms with Crippen molar-refractivity contribution in [2.45, 2.75) is 12.6 Å². The van der Waals surface area contributed by atoms with Gasteiger partial charge in [-0.1, -0.05) is 6.07 Å². The molecule has 2 aliphatic rings. The maximum Gasteiger partial charge on any atom is 0.490 e.